The SMILES string of the molecule is CNCC1CN(CC(=O)NC(=O)NC(C)(C)C)CCO1. The van der Waals surface area contributed by atoms with Crippen LogP contribution in [0.1, 0.15) is 20.8 Å². The van der Waals surface area contributed by atoms with E-state index in [2.05, 4.69) is 16.0 Å². The minimum atomic E-state index is -0.456. The molecule has 1 rings (SSSR count). The fraction of sp³-hybridized carbons (Fsp3) is 0.846. The zero-order chi connectivity index (χ0) is 15.2. The van der Waals surface area contributed by atoms with Crippen molar-refractivity contribution in [1.29, 1.82) is 0 Å². The van der Waals surface area contributed by atoms with Crippen LogP contribution in [0.15, 0.2) is 0 Å². The molecule has 0 aromatic rings. The van der Waals surface area contributed by atoms with Crippen molar-refractivity contribution in [1.82, 2.24) is 20.9 Å². The second kappa shape index (κ2) is 7.56. The summed E-state index contributed by atoms with van der Waals surface area (Å²) in [6, 6.07) is -0.456. The first-order chi connectivity index (χ1) is 9.30. The second-order valence-electron chi connectivity index (χ2n) is 6.04. The fourth-order valence-corrected chi connectivity index (χ4v) is 2.02. The minimum Gasteiger partial charge on any atom is -0.374 e. The molecule has 20 heavy (non-hydrogen) atoms. The first-order valence-electron chi connectivity index (χ1n) is 6.90. The second-order valence-corrected chi connectivity index (χ2v) is 6.04. The number of carbonyl (C=O) groups is 2. The number of amides is 3. The lowest BCUT2D eigenvalue weighted by Gasteiger charge is -2.32. The predicted molar refractivity (Wildman–Crippen MR) is 76.5 cm³/mol. The van der Waals surface area contributed by atoms with Crippen molar-refractivity contribution in [2.24, 2.45) is 0 Å². The van der Waals surface area contributed by atoms with Crippen molar-refractivity contribution in [2.75, 3.05) is 39.8 Å². The van der Waals surface area contributed by atoms with Gasteiger partial charge in [-0.3, -0.25) is 15.0 Å². The molecule has 0 bridgehead atoms. The average molecular weight is 286 g/mol. The lowest BCUT2D eigenvalue weighted by atomic mass is 10.1. The van der Waals surface area contributed by atoms with Crippen molar-refractivity contribution < 1.29 is 14.3 Å². The van der Waals surface area contributed by atoms with Gasteiger partial charge in [0.25, 0.3) is 0 Å². The highest BCUT2D eigenvalue weighted by molar-refractivity contribution is 5.95. The zero-order valence-electron chi connectivity index (χ0n) is 12.8. The van der Waals surface area contributed by atoms with E-state index in [1.165, 1.54) is 0 Å². The lowest BCUT2D eigenvalue weighted by Crippen LogP contribution is -2.53. The van der Waals surface area contributed by atoms with Gasteiger partial charge in [-0.25, -0.2) is 4.79 Å². The molecule has 1 aliphatic rings. The van der Waals surface area contributed by atoms with Crippen LogP contribution >= 0.6 is 0 Å². The van der Waals surface area contributed by atoms with Gasteiger partial charge in [-0.2, -0.15) is 0 Å². The van der Waals surface area contributed by atoms with E-state index >= 15 is 0 Å². The predicted octanol–water partition coefficient (Wildman–Crippen LogP) is -0.469. The molecule has 3 amide bonds. The summed E-state index contributed by atoms with van der Waals surface area (Å²) >= 11 is 0. The molecule has 0 aliphatic carbocycles. The lowest BCUT2D eigenvalue weighted by molar-refractivity contribution is -0.123. The van der Waals surface area contributed by atoms with E-state index in [0.29, 0.717) is 19.7 Å². The number of rotatable bonds is 4. The Bertz CT molecular complexity index is 339. The number of ether oxygens (including phenoxy) is 1. The van der Waals surface area contributed by atoms with E-state index in [1.807, 2.05) is 32.7 Å². The largest absolute Gasteiger partial charge is 0.374 e. The van der Waals surface area contributed by atoms with E-state index in [0.717, 1.165) is 6.54 Å². The number of hydrogen-bond donors (Lipinski definition) is 3. The average Bonchev–Trinajstić information content (AvgIpc) is 2.26. The van der Waals surface area contributed by atoms with Gasteiger partial charge in [0.05, 0.1) is 19.3 Å². The molecule has 7 nitrogen and oxygen atoms in total. The van der Waals surface area contributed by atoms with Crippen LogP contribution < -0.4 is 16.0 Å². The van der Waals surface area contributed by atoms with Crippen molar-refractivity contribution in [3.05, 3.63) is 0 Å². The Morgan fingerprint density at radius 1 is 1.35 bits per heavy atom. The molecule has 0 aromatic heterocycles. The summed E-state index contributed by atoms with van der Waals surface area (Å²) in [7, 11) is 1.87. The summed E-state index contributed by atoms with van der Waals surface area (Å²) in [5, 5.41) is 8.09. The van der Waals surface area contributed by atoms with Gasteiger partial charge in [0.1, 0.15) is 0 Å². The normalized spacial score (nSPS) is 20.5. The third kappa shape index (κ3) is 6.83. The molecule has 0 aromatic carbocycles. The number of nitrogens with zero attached hydrogens (tertiary/aromatic N) is 1. The van der Waals surface area contributed by atoms with E-state index in [1.54, 1.807) is 0 Å². The fourth-order valence-electron chi connectivity index (χ4n) is 2.02. The van der Waals surface area contributed by atoms with Crippen molar-refractivity contribution in [2.45, 2.75) is 32.4 Å². The molecule has 1 aliphatic heterocycles. The smallest absolute Gasteiger partial charge is 0.321 e. The number of imide groups is 1. The Labute approximate surface area is 120 Å². The highest BCUT2D eigenvalue weighted by Gasteiger charge is 2.22. The molecule has 1 heterocycles. The molecule has 116 valence electrons. The Morgan fingerprint density at radius 3 is 2.65 bits per heavy atom. The maximum atomic E-state index is 11.8. The summed E-state index contributed by atoms with van der Waals surface area (Å²) in [6.07, 6.45) is 0.0879. The van der Waals surface area contributed by atoms with Crippen LogP contribution in [0.25, 0.3) is 0 Å². The van der Waals surface area contributed by atoms with Gasteiger partial charge in [0, 0.05) is 25.2 Å². The summed E-state index contributed by atoms with van der Waals surface area (Å²) < 4.78 is 5.56. The van der Waals surface area contributed by atoms with E-state index in [4.69, 9.17) is 4.74 Å². The molecule has 0 saturated carbocycles. The molecule has 1 unspecified atom stereocenters. The standard InChI is InChI=1S/C13H26N4O3/c1-13(2,3)16-12(19)15-11(18)9-17-5-6-20-10(8-17)7-14-4/h10,14H,5-9H2,1-4H3,(H2,15,16,18,19). The van der Waals surface area contributed by atoms with Gasteiger partial charge in [-0.05, 0) is 27.8 Å². The van der Waals surface area contributed by atoms with Crippen LogP contribution in [0.3, 0.4) is 0 Å². The number of nitrogens with one attached hydrogen (secondary N) is 3. The molecular formula is C13H26N4O3. The third-order valence-electron chi connectivity index (χ3n) is 2.76. The molecular weight excluding hydrogens is 260 g/mol. The van der Waals surface area contributed by atoms with Crippen LogP contribution in [-0.2, 0) is 9.53 Å². The molecule has 3 N–H and O–H groups in total. The topological polar surface area (TPSA) is 82.7 Å². The highest BCUT2D eigenvalue weighted by atomic mass is 16.5. The molecule has 0 spiro atoms. The Balaban J connectivity index is 2.33. The molecule has 0 radical (unpaired) electrons. The van der Waals surface area contributed by atoms with Crippen molar-refractivity contribution in [3.8, 4) is 0 Å². The van der Waals surface area contributed by atoms with Crippen LogP contribution in [0.5, 0.6) is 0 Å². The Morgan fingerprint density at radius 2 is 2.05 bits per heavy atom. The van der Waals surface area contributed by atoms with Crippen molar-refractivity contribution in [3.63, 3.8) is 0 Å². The van der Waals surface area contributed by atoms with Gasteiger partial charge in [-0.1, -0.05) is 0 Å². The quantitative estimate of drug-likeness (QED) is 0.651. The summed E-state index contributed by atoms with van der Waals surface area (Å²) in [5.74, 6) is -0.295. The number of likely N-dealkylation sites (N-methyl/N-ethyl adjacent to an activating group) is 1. The maximum Gasteiger partial charge on any atom is 0.321 e. The van der Waals surface area contributed by atoms with Crippen LogP contribution in [-0.4, -0.2) is 68.3 Å². The van der Waals surface area contributed by atoms with Gasteiger partial charge < -0.3 is 15.4 Å². The summed E-state index contributed by atoms with van der Waals surface area (Å²) in [5.41, 5.74) is -0.360. The number of morpholine rings is 1. The van der Waals surface area contributed by atoms with Crippen LogP contribution in [0.2, 0.25) is 0 Å². The minimum absolute atomic E-state index is 0.0879. The van der Waals surface area contributed by atoms with E-state index in [-0.39, 0.29) is 24.1 Å². The first kappa shape index (κ1) is 16.9. The molecule has 7 heteroatoms. The highest BCUT2D eigenvalue weighted by Crippen LogP contribution is 2.04. The third-order valence-corrected chi connectivity index (χ3v) is 2.76. The van der Waals surface area contributed by atoms with Crippen LogP contribution in [0, 0.1) is 0 Å². The number of carbonyl (C=O) groups excluding carboxylic acids is 2. The van der Waals surface area contributed by atoms with Gasteiger partial charge in [0.2, 0.25) is 5.91 Å². The summed E-state index contributed by atoms with van der Waals surface area (Å²) in [4.78, 5) is 25.4. The monoisotopic (exact) mass is 286 g/mol. The van der Waals surface area contributed by atoms with E-state index in [9.17, 15) is 9.59 Å². The van der Waals surface area contributed by atoms with Crippen LogP contribution in [0.4, 0.5) is 4.79 Å². The van der Waals surface area contributed by atoms with Gasteiger partial charge in [-0.15, -0.1) is 0 Å². The van der Waals surface area contributed by atoms with Crippen molar-refractivity contribution >= 4 is 11.9 Å². The Hall–Kier alpha value is -1.18. The van der Waals surface area contributed by atoms with Gasteiger partial charge in [0.15, 0.2) is 0 Å². The Kier molecular flexibility index (Phi) is 6.38. The van der Waals surface area contributed by atoms with Gasteiger partial charge >= 0.3 is 6.03 Å². The number of hydrogen-bond acceptors (Lipinski definition) is 5. The maximum absolute atomic E-state index is 11.8. The molecule has 1 atom stereocenters. The zero-order valence-corrected chi connectivity index (χ0v) is 12.8. The summed E-state index contributed by atoms with van der Waals surface area (Å²) in [6.45, 7) is 8.55. The van der Waals surface area contributed by atoms with E-state index < -0.39 is 6.03 Å². The number of urea groups is 1. The first-order valence-corrected chi connectivity index (χ1v) is 6.90. The molecule has 1 saturated heterocycles. The molecule has 1 fully saturated rings.